The van der Waals surface area contributed by atoms with Crippen LogP contribution in [0.25, 0.3) is 0 Å². The van der Waals surface area contributed by atoms with E-state index in [2.05, 4.69) is 13.2 Å². The highest BCUT2D eigenvalue weighted by Crippen LogP contribution is 2.12. The van der Waals surface area contributed by atoms with Gasteiger partial charge in [-0.05, 0) is 26.3 Å². The minimum absolute atomic E-state index is 0.0607. The summed E-state index contributed by atoms with van der Waals surface area (Å²) < 4.78 is 9.88. The number of hydrogen-bond acceptors (Lipinski definition) is 5. The van der Waals surface area contributed by atoms with Crippen molar-refractivity contribution in [2.45, 2.75) is 39.1 Å². The van der Waals surface area contributed by atoms with E-state index >= 15 is 0 Å². The zero-order valence-corrected chi connectivity index (χ0v) is 11.2. The zero-order valence-electron chi connectivity index (χ0n) is 11.2. The largest absolute Gasteiger partial charge is 0.462 e. The molecule has 0 amide bonds. The number of esters is 1. The second-order valence-electron chi connectivity index (χ2n) is 4.67. The van der Waals surface area contributed by atoms with E-state index in [9.17, 15) is 15.0 Å². The molecule has 0 saturated carbocycles. The molecule has 2 unspecified atom stereocenters. The number of rotatable bonds is 8. The van der Waals surface area contributed by atoms with Crippen molar-refractivity contribution in [3.63, 3.8) is 0 Å². The van der Waals surface area contributed by atoms with Crippen molar-refractivity contribution < 1.29 is 24.5 Å². The third-order valence-corrected chi connectivity index (χ3v) is 2.20. The van der Waals surface area contributed by atoms with Crippen molar-refractivity contribution >= 4 is 5.97 Å². The van der Waals surface area contributed by atoms with E-state index in [0.29, 0.717) is 11.1 Å². The summed E-state index contributed by atoms with van der Waals surface area (Å²) in [7, 11) is 0. The third-order valence-electron chi connectivity index (χ3n) is 2.20. The average molecular weight is 258 g/mol. The van der Waals surface area contributed by atoms with Gasteiger partial charge in [-0.15, -0.1) is 0 Å². The third kappa shape index (κ3) is 7.21. The summed E-state index contributed by atoms with van der Waals surface area (Å²) in [5, 5.41) is 19.3. The Bertz CT molecular complexity index is 319. The summed E-state index contributed by atoms with van der Waals surface area (Å²) in [6, 6.07) is 0. The lowest BCUT2D eigenvalue weighted by atomic mass is 10.0. The molecule has 2 N–H and O–H groups in total. The normalized spacial score (nSPS) is 15.6. The van der Waals surface area contributed by atoms with Crippen molar-refractivity contribution in [3.8, 4) is 0 Å². The van der Waals surface area contributed by atoms with Crippen LogP contribution >= 0.6 is 0 Å². The van der Waals surface area contributed by atoms with Gasteiger partial charge < -0.3 is 19.7 Å². The fraction of sp³-hybridized carbons (Fsp3) is 0.615. The van der Waals surface area contributed by atoms with Gasteiger partial charge >= 0.3 is 5.97 Å². The van der Waals surface area contributed by atoms with Crippen LogP contribution in [0.2, 0.25) is 0 Å². The Kier molecular flexibility index (Phi) is 6.83. The minimum Gasteiger partial charge on any atom is -0.462 e. The fourth-order valence-electron chi connectivity index (χ4n) is 0.960. The van der Waals surface area contributed by atoms with Gasteiger partial charge in [-0.2, -0.15) is 0 Å². The van der Waals surface area contributed by atoms with Crippen molar-refractivity contribution in [3.05, 3.63) is 24.3 Å². The molecule has 0 fully saturated rings. The molecule has 0 aromatic rings. The number of hydrogen-bond donors (Lipinski definition) is 2. The molecule has 0 bridgehead atoms. The van der Waals surface area contributed by atoms with Gasteiger partial charge in [0.1, 0.15) is 0 Å². The van der Waals surface area contributed by atoms with E-state index in [-0.39, 0.29) is 19.6 Å². The Balaban J connectivity index is 3.97. The Hall–Kier alpha value is -1.17. The first-order valence-electron chi connectivity index (χ1n) is 5.66. The Labute approximate surface area is 108 Å². The van der Waals surface area contributed by atoms with E-state index in [4.69, 9.17) is 9.47 Å². The smallest absolute Gasteiger partial charge is 0.333 e. The van der Waals surface area contributed by atoms with Crippen molar-refractivity contribution in [1.29, 1.82) is 0 Å². The van der Waals surface area contributed by atoms with Gasteiger partial charge in [-0.3, -0.25) is 0 Å². The number of aliphatic hydroxyl groups is 2. The number of carbonyl (C=O) groups is 1. The van der Waals surface area contributed by atoms with Crippen molar-refractivity contribution in [2.24, 2.45) is 0 Å². The van der Waals surface area contributed by atoms with Crippen LogP contribution in [0.5, 0.6) is 0 Å². The lowest BCUT2D eigenvalue weighted by molar-refractivity contribution is -0.146. The molecule has 0 rings (SSSR count). The first-order chi connectivity index (χ1) is 8.15. The highest BCUT2D eigenvalue weighted by atomic mass is 16.6. The molecule has 5 nitrogen and oxygen atoms in total. The van der Waals surface area contributed by atoms with Crippen LogP contribution in [0.3, 0.4) is 0 Å². The second-order valence-corrected chi connectivity index (χ2v) is 4.67. The van der Waals surface area contributed by atoms with Crippen LogP contribution in [-0.2, 0) is 14.3 Å². The maximum Gasteiger partial charge on any atom is 0.333 e. The van der Waals surface area contributed by atoms with E-state index < -0.39 is 17.9 Å². The summed E-state index contributed by atoms with van der Waals surface area (Å²) in [6.07, 6.45) is -0.899. The van der Waals surface area contributed by atoms with E-state index in [0.717, 1.165) is 0 Å². The molecule has 5 heteroatoms. The summed E-state index contributed by atoms with van der Waals surface area (Å²) in [4.78, 5) is 11.1. The molecule has 0 radical (unpaired) electrons. The molecule has 0 saturated heterocycles. The summed E-state index contributed by atoms with van der Waals surface area (Å²) >= 11 is 0. The average Bonchev–Trinajstić information content (AvgIpc) is 2.25. The zero-order chi connectivity index (χ0) is 14.3. The quantitative estimate of drug-likeness (QED) is 0.296. The molecule has 0 heterocycles. The summed E-state index contributed by atoms with van der Waals surface area (Å²) in [5.74, 6) is -0.492. The van der Waals surface area contributed by atoms with Crippen molar-refractivity contribution in [1.82, 2.24) is 0 Å². The van der Waals surface area contributed by atoms with Gasteiger partial charge in [0, 0.05) is 12.0 Å². The van der Waals surface area contributed by atoms with Crippen LogP contribution in [-0.4, -0.2) is 41.3 Å². The maximum absolute atomic E-state index is 11.1. The molecule has 18 heavy (non-hydrogen) atoms. The van der Waals surface area contributed by atoms with Gasteiger partial charge in [0.25, 0.3) is 0 Å². The second kappa shape index (κ2) is 7.31. The Morgan fingerprint density at radius 2 is 1.94 bits per heavy atom. The SMILES string of the molecule is C=C(C)C(=O)OCCC(C)(O)COC(O)C(=C)C. The maximum atomic E-state index is 11.1. The molecule has 0 spiro atoms. The molecule has 2 atom stereocenters. The highest BCUT2D eigenvalue weighted by molar-refractivity contribution is 5.86. The predicted octanol–water partition coefficient (Wildman–Crippen LogP) is 1.16. The summed E-state index contributed by atoms with van der Waals surface area (Å²) in [6.45, 7) is 11.7. The molecule has 0 aliphatic rings. The minimum atomic E-state index is -1.19. The molecule has 0 aromatic carbocycles. The van der Waals surface area contributed by atoms with Gasteiger partial charge in [-0.1, -0.05) is 13.2 Å². The standard InChI is InChI=1S/C13H22O5/c1-9(2)11(14)17-7-6-13(5,16)8-18-12(15)10(3)4/h12,15-16H,1,3,6-8H2,2,4-5H3. The number of carbonyl (C=O) groups excluding carboxylic acids is 1. The van der Waals surface area contributed by atoms with E-state index in [1.807, 2.05) is 0 Å². The van der Waals surface area contributed by atoms with Crippen LogP contribution in [0, 0.1) is 0 Å². The molecular formula is C13H22O5. The van der Waals surface area contributed by atoms with Gasteiger partial charge in [0.15, 0.2) is 6.29 Å². The lowest BCUT2D eigenvalue weighted by Gasteiger charge is -2.24. The molecule has 0 aliphatic carbocycles. The molecule has 0 aliphatic heterocycles. The first-order valence-corrected chi connectivity index (χ1v) is 5.66. The Morgan fingerprint density at radius 3 is 2.39 bits per heavy atom. The lowest BCUT2D eigenvalue weighted by Crippen LogP contribution is -2.34. The molecular weight excluding hydrogens is 236 g/mol. The highest BCUT2D eigenvalue weighted by Gasteiger charge is 2.23. The predicted molar refractivity (Wildman–Crippen MR) is 67.8 cm³/mol. The van der Waals surface area contributed by atoms with Crippen LogP contribution in [0.1, 0.15) is 27.2 Å². The van der Waals surface area contributed by atoms with Gasteiger partial charge in [0.2, 0.25) is 0 Å². The van der Waals surface area contributed by atoms with Gasteiger partial charge in [0.05, 0.1) is 18.8 Å². The topological polar surface area (TPSA) is 76.0 Å². The van der Waals surface area contributed by atoms with Crippen LogP contribution in [0.4, 0.5) is 0 Å². The van der Waals surface area contributed by atoms with Crippen LogP contribution in [0.15, 0.2) is 24.3 Å². The summed E-state index contributed by atoms with van der Waals surface area (Å²) in [5.41, 5.74) is -0.422. The molecule has 0 aromatic heterocycles. The van der Waals surface area contributed by atoms with E-state index in [1.54, 1.807) is 13.8 Å². The fourth-order valence-corrected chi connectivity index (χ4v) is 0.960. The Morgan fingerprint density at radius 1 is 1.39 bits per heavy atom. The van der Waals surface area contributed by atoms with Gasteiger partial charge in [-0.25, -0.2) is 4.79 Å². The molecule has 104 valence electrons. The van der Waals surface area contributed by atoms with E-state index in [1.165, 1.54) is 6.92 Å². The van der Waals surface area contributed by atoms with Crippen LogP contribution < -0.4 is 0 Å². The number of aliphatic hydroxyl groups excluding tert-OH is 1. The van der Waals surface area contributed by atoms with Crippen molar-refractivity contribution in [2.75, 3.05) is 13.2 Å². The number of ether oxygens (including phenoxy) is 2. The first kappa shape index (κ1) is 16.8. The monoisotopic (exact) mass is 258 g/mol.